The highest BCUT2D eigenvalue weighted by Crippen LogP contribution is 2.55. The predicted molar refractivity (Wildman–Crippen MR) is 109 cm³/mol. The molecule has 2 aliphatic rings. The van der Waals surface area contributed by atoms with Gasteiger partial charge in [-0.25, -0.2) is 8.78 Å². The number of thioether (sulfide) groups is 1. The second-order valence-corrected chi connectivity index (χ2v) is 8.96. The van der Waals surface area contributed by atoms with E-state index in [0.717, 1.165) is 23.9 Å². The Kier molecular flexibility index (Phi) is 5.29. The van der Waals surface area contributed by atoms with Crippen LogP contribution in [0.2, 0.25) is 0 Å². The summed E-state index contributed by atoms with van der Waals surface area (Å²) in [4.78, 5) is 15.3. The van der Waals surface area contributed by atoms with Crippen LogP contribution < -0.4 is 11.1 Å². The molecule has 1 amide bonds. The number of hydrogen-bond donors (Lipinski definition) is 3. The Morgan fingerprint density at radius 2 is 2.07 bits per heavy atom. The molecule has 30 heavy (non-hydrogen) atoms. The largest absolute Gasteiger partial charge is 0.388 e. The molecule has 0 spiro atoms. The number of nitrogens with two attached hydrogens (primary N) is 1. The quantitative estimate of drug-likeness (QED) is 0.686. The predicted octanol–water partition coefficient (Wildman–Crippen LogP) is 2.63. The van der Waals surface area contributed by atoms with Crippen LogP contribution in [0, 0.1) is 11.6 Å². The maximum Gasteiger partial charge on any atom is 0.266 e. The number of carbonyl (C=O) groups excluding carboxylic acids is 1. The Morgan fingerprint density at radius 1 is 1.33 bits per heavy atom. The standard InChI is InChI=1S/C21H21F2N3O3S/c1-20(28)8-7-15(29-11-20)21(16-13(22)5-2-6-14(16)23)26-17(19(24)27)18(30-21)12-4-3-9-25-10-12/h2-6,9-10,15,26,28H,7-8,11H2,1H3,(H2,24,27). The van der Waals surface area contributed by atoms with Crippen LogP contribution in [0.3, 0.4) is 0 Å². The summed E-state index contributed by atoms with van der Waals surface area (Å²) in [6, 6.07) is 7.03. The molecule has 4 N–H and O–H groups in total. The van der Waals surface area contributed by atoms with Gasteiger partial charge in [0.25, 0.3) is 5.91 Å². The van der Waals surface area contributed by atoms with Gasteiger partial charge in [0.2, 0.25) is 0 Å². The van der Waals surface area contributed by atoms with E-state index in [1.165, 1.54) is 6.07 Å². The first kappa shape index (κ1) is 20.8. The summed E-state index contributed by atoms with van der Waals surface area (Å²) in [6.07, 6.45) is 3.07. The number of halogens is 2. The summed E-state index contributed by atoms with van der Waals surface area (Å²) in [5, 5.41) is 13.3. The molecule has 0 saturated carbocycles. The molecule has 4 rings (SSSR count). The smallest absolute Gasteiger partial charge is 0.266 e. The number of primary amides is 1. The minimum absolute atomic E-state index is 0.00808. The topological polar surface area (TPSA) is 97.5 Å². The normalized spacial score (nSPS) is 29.0. The van der Waals surface area contributed by atoms with E-state index in [1.54, 1.807) is 31.5 Å². The zero-order valence-corrected chi connectivity index (χ0v) is 17.0. The first-order chi connectivity index (χ1) is 14.2. The van der Waals surface area contributed by atoms with Gasteiger partial charge in [-0.3, -0.25) is 9.78 Å². The van der Waals surface area contributed by atoms with E-state index < -0.39 is 34.1 Å². The summed E-state index contributed by atoms with van der Waals surface area (Å²) < 4.78 is 35.8. The third-order valence-electron chi connectivity index (χ3n) is 5.30. The summed E-state index contributed by atoms with van der Waals surface area (Å²) in [6.45, 7) is 1.63. The Balaban J connectivity index is 1.85. The van der Waals surface area contributed by atoms with Crippen molar-refractivity contribution in [2.45, 2.75) is 36.3 Å². The van der Waals surface area contributed by atoms with Crippen molar-refractivity contribution < 1.29 is 23.4 Å². The van der Waals surface area contributed by atoms with Crippen LogP contribution in [0.5, 0.6) is 0 Å². The van der Waals surface area contributed by atoms with Crippen molar-refractivity contribution in [3.8, 4) is 0 Å². The lowest BCUT2D eigenvalue weighted by atomic mass is 9.89. The summed E-state index contributed by atoms with van der Waals surface area (Å²) in [7, 11) is 0. The monoisotopic (exact) mass is 433 g/mol. The average Bonchev–Trinajstić information content (AvgIpc) is 3.10. The van der Waals surface area contributed by atoms with Crippen molar-refractivity contribution in [1.29, 1.82) is 0 Å². The zero-order valence-electron chi connectivity index (χ0n) is 16.2. The number of amides is 1. The van der Waals surface area contributed by atoms with Gasteiger partial charge in [0.1, 0.15) is 22.2 Å². The van der Waals surface area contributed by atoms with Gasteiger partial charge in [0.05, 0.1) is 23.9 Å². The molecule has 3 heterocycles. The van der Waals surface area contributed by atoms with Gasteiger partial charge < -0.3 is 20.9 Å². The SMILES string of the molecule is CC1(O)CCC(C2(c3c(F)cccc3F)NC(C(N)=O)=C(c3cccnc3)S2)OC1. The highest BCUT2D eigenvalue weighted by molar-refractivity contribution is 8.09. The Labute approximate surface area is 176 Å². The zero-order chi connectivity index (χ0) is 21.5. The number of aromatic nitrogens is 1. The molecule has 6 nitrogen and oxygen atoms in total. The molecule has 1 aromatic heterocycles. The molecular weight excluding hydrogens is 412 g/mol. The van der Waals surface area contributed by atoms with Crippen molar-refractivity contribution in [1.82, 2.24) is 10.3 Å². The molecule has 3 unspecified atom stereocenters. The lowest BCUT2D eigenvalue weighted by molar-refractivity contribution is -0.125. The molecule has 3 atom stereocenters. The third kappa shape index (κ3) is 3.57. The first-order valence-corrected chi connectivity index (χ1v) is 10.3. The van der Waals surface area contributed by atoms with Crippen LogP contribution in [-0.4, -0.2) is 34.3 Å². The molecule has 0 aliphatic carbocycles. The van der Waals surface area contributed by atoms with E-state index in [-0.39, 0.29) is 17.9 Å². The van der Waals surface area contributed by atoms with Gasteiger partial charge in [0, 0.05) is 22.9 Å². The van der Waals surface area contributed by atoms with Crippen molar-refractivity contribution in [2.24, 2.45) is 5.73 Å². The van der Waals surface area contributed by atoms with E-state index in [4.69, 9.17) is 10.5 Å². The highest BCUT2D eigenvalue weighted by atomic mass is 32.2. The Bertz CT molecular complexity index is 986. The summed E-state index contributed by atoms with van der Waals surface area (Å²) >= 11 is 1.08. The molecule has 158 valence electrons. The number of nitrogens with zero attached hydrogens (tertiary/aromatic N) is 1. The van der Waals surface area contributed by atoms with Crippen LogP contribution in [0.1, 0.15) is 30.9 Å². The number of ether oxygens (including phenoxy) is 1. The summed E-state index contributed by atoms with van der Waals surface area (Å²) in [5.74, 6) is -2.30. The fourth-order valence-corrected chi connectivity index (χ4v) is 5.41. The average molecular weight is 433 g/mol. The molecule has 9 heteroatoms. The fraction of sp³-hybridized carbons (Fsp3) is 0.333. The van der Waals surface area contributed by atoms with Gasteiger partial charge in [-0.1, -0.05) is 23.9 Å². The van der Waals surface area contributed by atoms with Crippen LogP contribution in [0.4, 0.5) is 8.78 Å². The number of rotatable bonds is 4. The maximum atomic E-state index is 15.0. The number of pyridine rings is 1. The molecule has 0 bridgehead atoms. The number of hydrogen-bond acceptors (Lipinski definition) is 6. The second-order valence-electron chi connectivity index (χ2n) is 7.70. The van der Waals surface area contributed by atoms with Crippen molar-refractivity contribution in [2.75, 3.05) is 6.61 Å². The first-order valence-electron chi connectivity index (χ1n) is 9.44. The number of carbonyl (C=O) groups is 1. The Morgan fingerprint density at radius 3 is 2.63 bits per heavy atom. The van der Waals surface area contributed by atoms with Crippen molar-refractivity contribution >= 4 is 22.6 Å². The van der Waals surface area contributed by atoms with E-state index >= 15 is 0 Å². The Hall–Kier alpha value is -2.49. The molecule has 1 saturated heterocycles. The fourth-order valence-electron chi connectivity index (χ4n) is 3.83. The third-order valence-corrected chi connectivity index (χ3v) is 6.83. The van der Waals surface area contributed by atoms with E-state index in [9.17, 15) is 18.7 Å². The molecule has 0 radical (unpaired) electrons. The lowest BCUT2D eigenvalue weighted by Gasteiger charge is -2.43. The van der Waals surface area contributed by atoms with Gasteiger partial charge in [-0.05, 0) is 38.0 Å². The van der Waals surface area contributed by atoms with Gasteiger partial charge >= 0.3 is 0 Å². The molecule has 1 fully saturated rings. The van der Waals surface area contributed by atoms with E-state index in [2.05, 4.69) is 10.3 Å². The molecule has 2 aliphatic heterocycles. The van der Waals surface area contributed by atoms with E-state index in [0.29, 0.717) is 23.3 Å². The highest BCUT2D eigenvalue weighted by Gasteiger charge is 2.53. The van der Waals surface area contributed by atoms with Crippen LogP contribution in [-0.2, 0) is 14.4 Å². The molecule has 2 aromatic rings. The molecular formula is C21H21F2N3O3S. The molecule has 1 aromatic carbocycles. The van der Waals surface area contributed by atoms with Crippen LogP contribution in [0.25, 0.3) is 4.91 Å². The van der Waals surface area contributed by atoms with Crippen molar-refractivity contribution in [3.63, 3.8) is 0 Å². The van der Waals surface area contributed by atoms with Crippen molar-refractivity contribution in [3.05, 3.63) is 71.2 Å². The van der Waals surface area contributed by atoms with Crippen LogP contribution >= 0.6 is 11.8 Å². The maximum absolute atomic E-state index is 15.0. The van der Waals surface area contributed by atoms with E-state index in [1.807, 2.05) is 0 Å². The summed E-state index contributed by atoms with van der Waals surface area (Å²) in [5.41, 5.74) is 4.95. The minimum Gasteiger partial charge on any atom is -0.388 e. The number of aliphatic hydroxyl groups is 1. The van der Waals surface area contributed by atoms with Gasteiger partial charge in [-0.15, -0.1) is 0 Å². The lowest BCUT2D eigenvalue weighted by Crippen LogP contribution is -2.54. The second kappa shape index (κ2) is 7.64. The van der Waals surface area contributed by atoms with Gasteiger partial charge in [-0.2, -0.15) is 0 Å². The number of benzene rings is 1. The van der Waals surface area contributed by atoms with Crippen LogP contribution in [0.15, 0.2) is 48.4 Å². The minimum atomic E-state index is -1.48. The van der Waals surface area contributed by atoms with Gasteiger partial charge in [0.15, 0.2) is 0 Å². The number of nitrogens with one attached hydrogen (secondary N) is 1.